The van der Waals surface area contributed by atoms with Crippen molar-refractivity contribution in [2.75, 3.05) is 0 Å². The number of allylic oxidation sites excluding steroid dienone is 1. The maximum absolute atomic E-state index is 12.6. The number of nitro benzene ring substituents is 1. The molecule has 0 spiro atoms. The molecule has 0 atom stereocenters. The highest BCUT2D eigenvalue weighted by Gasteiger charge is 2.22. The van der Waals surface area contributed by atoms with Crippen LogP contribution in [0, 0.1) is 27.2 Å². The molecule has 3 aromatic rings. The SMILES string of the molecule is Cc1nc(-c2ccccc2)c([N+](=O)[O-])cc1C(=O)C=Cc1cccc([N+](=O)[O-])c1. The van der Waals surface area contributed by atoms with Crippen LogP contribution in [0.5, 0.6) is 0 Å². The van der Waals surface area contributed by atoms with Gasteiger partial charge in [0.15, 0.2) is 5.78 Å². The molecule has 0 bridgehead atoms. The van der Waals surface area contributed by atoms with E-state index >= 15 is 0 Å². The average molecular weight is 389 g/mol. The molecule has 0 saturated carbocycles. The molecule has 0 saturated heterocycles. The molecule has 0 aliphatic rings. The number of hydrogen-bond acceptors (Lipinski definition) is 6. The van der Waals surface area contributed by atoms with Gasteiger partial charge in [0.1, 0.15) is 5.69 Å². The number of aromatic nitrogens is 1. The second-order valence-corrected chi connectivity index (χ2v) is 6.16. The van der Waals surface area contributed by atoms with E-state index in [9.17, 15) is 25.0 Å². The van der Waals surface area contributed by atoms with Crippen molar-refractivity contribution >= 4 is 23.2 Å². The summed E-state index contributed by atoms with van der Waals surface area (Å²) >= 11 is 0. The van der Waals surface area contributed by atoms with Crippen molar-refractivity contribution in [3.05, 3.63) is 104 Å². The molecule has 1 aromatic heterocycles. The highest BCUT2D eigenvalue weighted by Crippen LogP contribution is 2.30. The van der Waals surface area contributed by atoms with E-state index in [1.165, 1.54) is 36.4 Å². The van der Waals surface area contributed by atoms with Crippen LogP contribution in [0.1, 0.15) is 21.6 Å². The molecule has 0 fully saturated rings. The van der Waals surface area contributed by atoms with Crippen LogP contribution in [0.2, 0.25) is 0 Å². The summed E-state index contributed by atoms with van der Waals surface area (Å²) in [6.45, 7) is 1.60. The Labute approximate surface area is 165 Å². The first-order valence-corrected chi connectivity index (χ1v) is 8.55. The molecular formula is C21H15N3O5. The molecule has 3 rings (SSSR count). The van der Waals surface area contributed by atoms with E-state index in [1.54, 1.807) is 43.3 Å². The quantitative estimate of drug-likeness (QED) is 0.259. The molecule has 0 amide bonds. The summed E-state index contributed by atoms with van der Waals surface area (Å²) in [5.41, 5.74) is 1.31. The molecule has 29 heavy (non-hydrogen) atoms. The average Bonchev–Trinajstić information content (AvgIpc) is 2.72. The molecule has 0 N–H and O–H groups in total. The van der Waals surface area contributed by atoms with E-state index in [0.29, 0.717) is 16.8 Å². The van der Waals surface area contributed by atoms with Crippen LogP contribution in [-0.4, -0.2) is 20.6 Å². The van der Waals surface area contributed by atoms with Crippen molar-refractivity contribution in [3.8, 4) is 11.3 Å². The van der Waals surface area contributed by atoms with Gasteiger partial charge in [0.05, 0.1) is 15.4 Å². The number of rotatable bonds is 6. The number of carbonyl (C=O) groups is 1. The monoisotopic (exact) mass is 389 g/mol. The minimum Gasteiger partial charge on any atom is -0.289 e. The topological polar surface area (TPSA) is 116 Å². The maximum Gasteiger partial charge on any atom is 0.296 e. The lowest BCUT2D eigenvalue weighted by molar-refractivity contribution is -0.384. The lowest BCUT2D eigenvalue weighted by Crippen LogP contribution is -2.05. The number of nitro groups is 2. The summed E-state index contributed by atoms with van der Waals surface area (Å²) in [6.07, 6.45) is 2.64. The summed E-state index contributed by atoms with van der Waals surface area (Å²) in [5.74, 6) is -0.482. The first kappa shape index (κ1) is 19.6. The van der Waals surface area contributed by atoms with Crippen molar-refractivity contribution < 1.29 is 14.6 Å². The van der Waals surface area contributed by atoms with E-state index in [-0.39, 0.29) is 22.6 Å². The largest absolute Gasteiger partial charge is 0.296 e. The van der Waals surface area contributed by atoms with Crippen LogP contribution in [0.4, 0.5) is 11.4 Å². The van der Waals surface area contributed by atoms with Gasteiger partial charge in [-0.1, -0.05) is 48.5 Å². The van der Waals surface area contributed by atoms with Crippen molar-refractivity contribution in [2.45, 2.75) is 6.92 Å². The summed E-state index contributed by atoms with van der Waals surface area (Å²) < 4.78 is 0. The first-order valence-electron chi connectivity index (χ1n) is 8.55. The normalized spacial score (nSPS) is 10.8. The fraction of sp³-hybridized carbons (Fsp3) is 0.0476. The summed E-state index contributed by atoms with van der Waals surface area (Å²) in [5, 5.41) is 22.4. The van der Waals surface area contributed by atoms with Gasteiger partial charge >= 0.3 is 0 Å². The molecule has 0 radical (unpaired) electrons. The zero-order valence-corrected chi connectivity index (χ0v) is 15.3. The van der Waals surface area contributed by atoms with E-state index in [2.05, 4.69) is 4.98 Å². The lowest BCUT2D eigenvalue weighted by Gasteiger charge is -2.07. The Hall–Kier alpha value is -4.20. The van der Waals surface area contributed by atoms with Crippen molar-refractivity contribution in [3.63, 3.8) is 0 Å². The van der Waals surface area contributed by atoms with Gasteiger partial charge in [-0.05, 0) is 18.6 Å². The Morgan fingerprint density at radius 3 is 2.34 bits per heavy atom. The molecule has 8 heteroatoms. The second-order valence-electron chi connectivity index (χ2n) is 6.16. The second kappa shape index (κ2) is 8.22. The number of benzene rings is 2. The van der Waals surface area contributed by atoms with E-state index in [4.69, 9.17) is 0 Å². The van der Waals surface area contributed by atoms with Crippen LogP contribution in [-0.2, 0) is 0 Å². The van der Waals surface area contributed by atoms with Crippen molar-refractivity contribution in [1.82, 2.24) is 4.98 Å². The zero-order chi connectivity index (χ0) is 21.0. The molecule has 0 aliphatic carbocycles. The number of aryl methyl sites for hydroxylation is 1. The van der Waals surface area contributed by atoms with Gasteiger partial charge in [0.2, 0.25) is 0 Å². The number of non-ortho nitro benzene ring substituents is 1. The Kier molecular flexibility index (Phi) is 5.54. The minimum absolute atomic E-state index is 0.0954. The Balaban J connectivity index is 1.97. The highest BCUT2D eigenvalue weighted by atomic mass is 16.6. The maximum atomic E-state index is 12.6. The van der Waals surface area contributed by atoms with Crippen molar-refractivity contribution in [1.29, 1.82) is 0 Å². The van der Waals surface area contributed by atoms with E-state index in [0.717, 1.165) is 0 Å². The van der Waals surface area contributed by atoms with Crippen molar-refractivity contribution in [2.24, 2.45) is 0 Å². The third kappa shape index (κ3) is 4.38. The molecule has 0 aliphatic heterocycles. The van der Waals surface area contributed by atoms with Crippen LogP contribution in [0.25, 0.3) is 17.3 Å². The van der Waals surface area contributed by atoms with Gasteiger partial charge in [-0.15, -0.1) is 0 Å². The standard InChI is InChI=1S/C21H15N3O5/c1-14-18(20(25)11-10-15-6-5-9-17(12-15)23(26)27)13-19(24(28)29)21(22-14)16-7-3-2-4-8-16/h2-13H,1H3. The fourth-order valence-corrected chi connectivity index (χ4v) is 2.80. The minimum atomic E-state index is -0.574. The highest BCUT2D eigenvalue weighted by molar-refractivity contribution is 6.08. The summed E-state index contributed by atoms with van der Waals surface area (Å²) in [7, 11) is 0. The third-order valence-corrected chi connectivity index (χ3v) is 4.21. The lowest BCUT2D eigenvalue weighted by atomic mass is 10.0. The number of hydrogen-bond donors (Lipinski definition) is 0. The molecule has 2 aromatic carbocycles. The number of nitrogens with zero attached hydrogens (tertiary/aromatic N) is 3. The molecule has 0 unspecified atom stereocenters. The molecule has 8 nitrogen and oxygen atoms in total. The summed E-state index contributed by atoms with van der Waals surface area (Å²) in [4.78, 5) is 38.2. The van der Waals surface area contributed by atoms with Gasteiger partial charge in [-0.25, -0.2) is 4.98 Å². The predicted octanol–water partition coefficient (Wildman–Crippen LogP) is 4.77. The Morgan fingerprint density at radius 1 is 0.966 bits per heavy atom. The van der Waals surface area contributed by atoms with Gasteiger partial charge in [0.25, 0.3) is 11.4 Å². The Bertz CT molecular complexity index is 1140. The van der Waals surface area contributed by atoms with Gasteiger partial charge < -0.3 is 0 Å². The number of ketones is 1. The molecular weight excluding hydrogens is 374 g/mol. The van der Waals surface area contributed by atoms with Crippen LogP contribution >= 0.6 is 0 Å². The third-order valence-electron chi connectivity index (χ3n) is 4.21. The molecule has 1 heterocycles. The van der Waals surface area contributed by atoms with E-state index in [1.807, 2.05) is 0 Å². The van der Waals surface area contributed by atoms with E-state index < -0.39 is 15.6 Å². The first-order chi connectivity index (χ1) is 13.9. The summed E-state index contributed by atoms with van der Waals surface area (Å²) in [6, 6.07) is 15.7. The predicted molar refractivity (Wildman–Crippen MR) is 108 cm³/mol. The van der Waals surface area contributed by atoms with Gasteiger partial charge in [0, 0.05) is 29.5 Å². The smallest absolute Gasteiger partial charge is 0.289 e. The number of pyridine rings is 1. The van der Waals surface area contributed by atoms with Crippen LogP contribution in [0.15, 0.2) is 66.7 Å². The van der Waals surface area contributed by atoms with Gasteiger partial charge in [-0.3, -0.25) is 25.0 Å². The van der Waals surface area contributed by atoms with Crippen LogP contribution < -0.4 is 0 Å². The van der Waals surface area contributed by atoms with Crippen LogP contribution in [0.3, 0.4) is 0 Å². The Morgan fingerprint density at radius 2 is 1.69 bits per heavy atom. The fourth-order valence-electron chi connectivity index (χ4n) is 2.80. The molecule has 144 valence electrons. The zero-order valence-electron chi connectivity index (χ0n) is 15.3. The number of carbonyl (C=O) groups excluding carboxylic acids is 1. The van der Waals surface area contributed by atoms with Gasteiger partial charge in [-0.2, -0.15) is 0 Å².